The van der Waals surface area contributed by atoms with Gasteiger partial charge in [0, 0.05) is 27.2 Å². The van der Waals surface area contributed by atoms with Crippen LogP contribution in [-0.2, 0) is 26.6 Å². The van der Waals surface area contributed by atoms with Crippen LogP contribution in [0.4, 0.5) is 13.2 Å². The van der Waals surface area contributed by atoms with Crippen LogP contribution in [0.5, 0.6) is 17.2 Å². The molecule has 2 aromatic carbocycles. The molecule has 2 aromatic rings. The molecule has 0 radical (unpaired) electrons. The topological polar surface area (TPSA) is 89.8 Å². The van der Waals surface area contributed by atoms with Crippen molar-refractivity contribution in [3.63, 3.8) is 0 Å². The summed E-state index contributed by atoms with van der Waals surface area (Å²) in [5.41, 5.74) is 2.05. The number of phenolic OH excluding ortho intramolecular Hbond substituents is 1. The molecule has 0 saturated carbocycles. The zero-order valence-electron chi connectivity index (χ0n) is 18.4. The van der Waals surface area contributed by atoms with Crippen LogP contribution in [0, 0.1) is 0 Å². The molecule has 12 heteroatoms. The number of rotatable bonds is 7. The molecule has 0 amide bonds. The Kier molecular flexibility index (Phi) is 7.26. The Balaban J connectivity index is 2.05. The van der Waals surface area contributed by atoms with Gasteiger partial charge >= 0.3 is 14.1 Å². The van der Waals surface area contributed by atoms with E-state index in [-0.39, 0.29) is 36.3 Å². The molecule has 0 saturated heterocycles. The molecule has 0 bridgehead atoms. The summed E-state index contributed by atoms with van der Waals surface area (Å²) in [5, 5.41) is 10.2. The highest BCUT2D eigenvalue weighted by molar-refractivity contribution is 7.52. The highest BCUT2D eigenvalue weighted by Crippen LogP contribution is 2.50. The molecule has 1 aliphatic heterocycles. The van der Waals surface area contributed by atoms with E-state index in [9.17, 15) is 22.8 Å². The number of phenols is 1. The summed E-state index contributed by atoms with van der Waals surface area (Å²) in [6.07, 6.45) is -4.64. The number of fused-ring (bicyclic) bond motifs is 1. The van der Waals surface area contributed by atoms with Gasteiger partial charge in [-0.15, -0.1) is 13.2 Å². The van der Waals surface area contributed by atoms with Crippen LogP contribution < -0.4 is 9.47 Å². The second-order valence-electron chi connectivity index (χ2n) is 7.25. The van der Waals surface area contributed by atoms with Gasteiger partial charge in [-0.2, -0.15) is 4.76 Å². The summed E-state index contributed by atoms with van der Waals surface area (Å²) in [6, 6.07) is 8.44. The number of aromatic hydroxyl groups is 1. The van der Waals surface area contributed by atoms with Gasteiger partial charge in [-0.3, -0.25) is 9.05 Å². The van der Waals surface area contributed by atoms with Gasteiger partial charge in [0.25, 0.3) is 0 Å². The van der Waals surface area contributed by atoms with Gasteiger partial charge in [-0.05, 0) is 47.9 Å². The van der Waals surface area contributed by atoms with E-state index in [0.29, 0.717) is 11.4 Å². The molecule has 0 aliphatic carbocycles. The van der Waals surface area contributed by atoms with Crippen molar-refractivity contribution in [2.24, 2.45) is 4.76 Å². The van der Waals surface area contributed by atoms with Crippen LogP contribution in [0.15, 0.2) is 41.2 Å². The molecule has 1 unspecified atom stereocenters. The number of hydrogen-bond donors (Lipinski definition) is 1. The Morgan fingerprint density at radius 1 is 1.18 bits per heavy atom. The molecule has 0 fully saturated rings. The average molecular weight is 488 g/mol. The van der Waals surface area contributed by atoms with Gasteiger partial charge in [-0.1, -0.05) is 12.1 Å². The molecule has 1 aliphatic rings. The van der Waals surface area contributed by atoms with E-state index in [2.05, 4.69) is 9.50 Å². The standard InChI is InChI=1S/C21H24F3N2O6P/c1-13-17-11-19(29-2)18(27)9-15(17)10-20(25-33(28,30-3)31-4)26(13)12-14-6-5-7-16(8-14)32-21(22,23)24/h5-9,11,13,27H,10,12H2,1-4H3/b25-20-. The van der Waals surface area contributed by atoms with Crippen molar-refractivity contribution in [2.75, 3.05) is 21.3 Å². The number of amidine groups is 1. The molecule has 3 rings (SSSR count). The quantitative estimate of drug-likeness (QED) is 0.535. The molecule has 0 spiro atoms. The molecular weight excluding hydrogens is 464 g/mol. The SMILES string of the molecule is COc1cc2c(cc1O)C/C(=N/P(=O)(OC)OC)N(Cc1cccc(OC(F)(F)F)c1)C2C. The Hall–Kier alpha value is -2.75. The van der Waals surface area contributed by atoms with Gasteiger partial charge in [0.1, 0.15) is 11.6 Å². The Labute approximate surface area is 189 Å². The van der Waals surface area contributed by atoms with Crippen LogP contribution >= 0.6 is 7.75 Å². The fourth-order valence-electron chi connectivity index (χ4n) is 3.65. The first kappa shape index (κ1) is 24.9. The monoisotopic (exact) mass is 488 g/mol. The maximum atomic E-state index is 12.7. The van der Waals surface area contributed by atoms with Crippen LogP contribution in [0.25, 0.3) is 0 Å². The van der Waals surface area contributed by atoms with E-state index >= 15 is 0 Å². The fourth-order valence-corrected chi connectivity index (χ4v) is 4.43. The van der Waals surface area contributed by atoms with Crippen molar-refractivity contribution in [3.8, 4) is 17.2 Å². The highest BCUT2D eigenvalue weighted by atomic mass is 31.2. The number of methoxy groups -OCH3 is 1. The number of ether oxygens (including phenoxy) is 2. The molecule has 1 atom stereocenters. The fraction of sp³-hybridized carbons (Fsp3) is 0.381. The molecule has 33 heavy (non-hydrogen) atoms. The Morgan fingerprint density at radius 3 is 2.48 bits per heavy atom. The Bertz CT molecular complexity index is 1080. The lowest BCUT2D eigenvalue weighted by atomic mass is 9.91. The number of halogens is 3. The van der Waals surface area contributed by atoms with E-state index in [1.54, 1.807) is 23.1 Å². The molecule has 180 valence electrons. The van der Waals surface area contributed by atoms with E-state index < -0.39 is 14.1 Å². The number of alkyl halides is 3. The Morgan fingerprint density at radius 2 is 1.88 bits per heavy atom. The zero-order chi connectivity index (χ0) is 24.4. The highest BCUT2D eigenvalue weighted by Gasteiger charge is 2.34. The first-order chi connectivity index (χ1) is 15.5. The van der Waals surface area contributed by atoms with Gasteiger partial charge in [0.05, 0.1) is 13.2 Å². The summed E-state index contributed by atoms with van der Waals surface area (Å²) in [4.78, 5) is 1.77. The lowest BCUT2D eigenvalue weighted by molar-refractivity contribution is -0.274. The van der Waals surface area contributed by atoms with Crippen molar-refractivity contribution in [1.82, 2.24) is 4.90 Å². The van der Waals surface area contributed by atoms with E-state index in [0.717, 1.165) is 11.1 Å². The lowest BCUT2D eigenvalue weighted by Crippen LogP contribution is -2.38. The maximum Gasteiger partial charge on any atom is 0.573 e. The summed E-state index contributed by atoms with van der Waals surface area (Å²) in [6.45, 7) is 1.98. The van der Waals surface area contributed by atoms with Crippen molar-refractivity contribution in [1.29, 1.82) is 0 Å². The minimum Gasteiger partial charge on any atom is -0.504 e. The van der Waals surface area contributed by atoms with Crippen molar-refractivity contribution < 1.29 is 41.4 Å². The summed E-state index contributed by atoms with van der Waals surface area (Å²) in [5.74, 6) is 0.194. The van der Waals surface area contributed by atoms with Gasteiger partial charge in [0.15, 0.2) is 11.5 Å². The molecule has 1 N–H and O–H groups in total. The number of benzene rings is 2. The molecule has 1 heterocycles. The van der Waals surface area contributed by atoms with Crippen molar-refractivity contribution >= 4 is 13.6 Å². The first-order valence-corrected chi connectivity index (χ1v) is 11.3. The predicted octanol–water partition coefficient (Wildman–Crippen LogP) is 5.22. The minimum absolute atomic E-state index is 0.0603. The van der Waals surface area contributed by atoms with Gasteiger partial charge < -0.3 is 19.5 Å². The average Bonchev–Trinajstić information content (AvgIpc) is 2.75. The zero-order valence-corrected chi connectivity index (χ0v) is 19.3. The number of hydrogen-bond acceptors (Lipinski definition) is 6. The van der Waals surface area contributed by atoms with Crippen molar-refractivity contribution in [3.05, 3.63) is 53.1 Å². The summed E-state index contributed by atoms with van der Waals surface area (Å²) >= 11 is 0. The summed E-state index contributed by atoms with van der Waals surface area (Å²) < 4.78 is 74.0. The number of nitrogens with zero attached hydrogens (tertiary/aromatic N) is 2. The second-order valence-corrected chi connectivity index (χ2v) is 9.12. The van der Waals surface area contributed by atoms with Crippen LogP contribution in [-0.4, -0.2) is 43.5 Å². The third kappa shape index (κ3) is 5.79. The van der Waals surface area contributed by atoms with Crippen LogP contribution in [0.3, 0.4) is 0 Å². The molecule has 0 aromatic heterocycles. The van der Waals surface area contributed by atoms with E-state index in [4.69, 9.17) is 13.8 Å². The first-order valence-electron chi connectivity index (χ1n) is 9.80. The second kappa shape index (κ2) is 9.62. The maximum absolute atomic E-state index is 12.7. The smallest absolute Gasteiger partial charge is 0.504 e. The van der Waals surface area contributed by atoms with Crippen LogP contribution in [0.2, 0.25) is 0 Å². The summed E-state index contributed by atoms with van der Waals surface area (Å²) in [7, 11) is 0.0245. The van der Waals surface area contributed by atoms with E-state index in [1.807, 2.05) is 6.92 Å². The molecular formula is C21H24F3N2O6P. The lowest BCUT2D eigenvalue weighted by Gasteiger charge is -2.38. The van der Waals surface area contributed by atoms with E-state index in [1.165, 1.54) is 39.5 Å². The van der Waals surface area contributed by atoms with Crippen LogP contribution in [0.1, 0.15) is 29.7 Å². The minimum atomic E-state index is -4.81. The third-order valence-electron chi connectivity index (χ3n) is 5.22. The predicted molar refractivity (Wildman–Crippen MR) is 115 cm³/mol. The molecule has 8 nitrogen and oxygen atoms in total. The third-order valence-corrected chi connectivity index (χ3v) is 6.62. The van der Waals surface area contributed by atoms with Gasteiger partial charge in [0.2, 0.25) is 0 Å². The normalized spacial score (nSPS) is 17.7. The van der Waals surface area contributed by atoms with Gasteiger partial charge in [-0.25, -0.2) is 4.57 Å². The largest absolute Gasteiger partial charge is 0.573 e. The van der Waals surface area contributed by atoms with Crippen molar-refractivity contribution in [2.45, 2.75) is 32.3 Å².